The third kappa shape index (κ3) is 7.81. The van der Waals surface area contributed by atoms with Crippen molar-refractivity contribution in [2.24, 2.45) is 5.92 Å². The number of carbonyl (C=O) groups excluding carboxylic acids is 2. The van der Waals surface area contributed by atoms with Crippen LogP contribution in [-0.2, 0) is 35.5 Å². The SMILES string of the molecule is COC(=O)CC[C@@H](/C=C/[C@H](Cc1ccccc1)NS(=O)(=O)c1c(C)cc(C)cc1C)C(=O)OC. The van der Waals surface area contributed by atoms with Crippen molar-refractivity contribution < 1.29 is 27.5 Å². The third-order valence-electron chi connectivity index (χ3n) is 5.45. The Morgan fingerprint density at radius 3 is 2.15 bits per heavy atom. The Hall–Kier alpha value is -2.97. The first-order valence-electron chi connectivity index (χ1n) is 11.0. The normalized spacial score (nSPS) is 13.4. The van der Waals surface area contributed by atoms with Crippen LogP contribution < -0.4 is 4.72 Å². The first kappa shape index (κ1) is 27.3. The van der Waals surface area contributed by atoms with E-state index < -0.39 is 33.9 Å². The van der Waals surface area contributed by atoms with Crippen LogP contribution in [0.1, 0.15) is 35.1 Å². The topological polar surface area (TPSA) is 98.8 Å². The van der Waals surface area contributed by atoms with Gasteiger partial charge in [-0.2, -0.15) is 0 Å². The lowest BCUT2D eigenvalue weighted by molar-refractivity contribution is -0.145. The van der Waals surface area contributed by atoms with E-state index in [9.17, 15) is 18.0 Å². The van der Waals surface area contributed by atoms with Gasteiger partial charge in [-0.05, 0) is 50.3 Å². The number of benzene rings is 2. The Labute approximate surface area is 202 Å². The number of nitrogens with one attached hydrogen (secondary N) is 1. The van der Waals surface area contributed by atoms with E-state index in [2.05, 4.69) is 9.46 Å². The van der Waals surface area contributed by atoms with Gasteiger partial charge in [0.15, 0.2) is 0 Å². The van der Waals surface area contributed by atoms with Gasteiger partial charge in [0.2, 0.25) is 10.0 Å². The first-order chi connectivity index (χ1) is 16.1. The number of esters is 2. The maximum absolute atomic E-state index is 13.4. The Bertz CT molecular complexity index is 1100. The van der Waals surface area contributed by atoms with Gasteiger partial charge in [-0.3, -0.25) is 9.59 Å². The van der Waals surface area contributed by atoms with Crippen LogP contribution in [0.2, 0.25) is 0 Å². The summed E-state index contributed by atoms with van der Waals surface area (Å²) >= 11 is 0. The van der Waals surface area contributed by atoms with Crippen LogP contribution >= 0.6 is 0 Å². The van der Waals surface area contributed by atoms with E-state index in [4.69, 9.17) is 4.74 Å². The molecule has 1 N–H and O–H groups in total. The summed E-state index contributed by atoms with van der Waals surface area (Å²) in [5, 5.41) is 0. The molecule has 0 fully saturated rings. The third-order valence-corrected chi connectivity index (χ3v) is 7.24. The highest BCUT2D eigenvalue weighted by Crippen LogP contribution is 2.23. The van der Waals surface area contributed by atoms with Crippen molar-refractivity contribution in [3.05, 3.63) is 76.9 Å². The van der Waals surface area contributed by atoms with Crippen molar-refractivity contribution in [2.45, 2.75) is 51.0 Å². The second-order valence-corrected chi connectivity index (χ2v) is 9.93. The summed E-state index contributed by atoms with van der Waals surface area (Å²) in [5.74, 6) is -1.66. The summed E-state index contributed by atoms with van der Waals surface area (Å²) in [7, 11) is -1.30. The molecule has 0 saturated heterocycles. The zero-order valence-electron chi connectivity index (χ0n) is 20.3. The second kappa shape index (κ2) is 12.5. The number of hydrogen-bond acceptors (Lipinski definition) is 6. The number of aryl methyl sites for hydroxylation is 3. The Kier molecular flexibility index (Phi) is 10.0. The Morgan fingerprint density at radius 2 is 1.59 bits per heavy atom. The maximum atomic E-state index is 13.4. The lowest BCUT2D eigenvalue weighted by Gasteiger charge is -2.19. The molecule has 0 radical (unpaired) electrons. The van der Waals surface area contributed by atoms with Crippen LogP contribution in [0.15, 0.2) is 59.5 Å². The van der Waals surface area contributed by atoms with E-state index in [-0.39, 0.29) is 17.7 Å². The van der Waals surface area contributed by atoms with E-state index in [0.717, 1.165) is 11.1 Å². The van der Waals surface area contributed by atoms with E-state index in [1.165, 1.54) is 14.2 Å². The molecule has 0 spiro atoms. The predicted octanol–water partition coefficient (Wildman–Crippen LogP) is 3.80. The summed E-state index contributed by atoms with van der Waals surface area (Å²) in [6, 6.07) is 12.5. The fourth-order valence-corrected chi connectivity index (χ4v) is 5.60. The summed E-state index contributed by atoms with van der Waals surface area (Å²) in [6.45, 7) is 5.47. The standard InChI is InChI=1S/C26H33NO6S/c1-18-15-19(2)25(20(3)16-18)34(30,31)27-23(17-21-9-7-6-8-10-21)13-11-22(26(29)33-5)12-14-24(28)32-4/h6-11,13,15-16,22-23,27H,12,14,17H2,1-5H3/b13-11+/t22-,23-/m1/s1. The Morgan fingerprint density at radius 1 is 0.971 bits per heavy atom. The van der Waals surface area contributed by atoms with Gasteiger partial charge in [-0.25, -0.2) is 13.1 Å². The van der Waals surface area contributed by atoms with Crippen LogP contribution in [0, 0.1) is 26.7 Å². The molecule has 8 heteroatoms. The monoisotopic (exact) mass is 487 g/mol. The number of sulfonamides is 1. The molecule has 0 bridgehead atoms. The van der Waals surface area contributed by atoms with Gasteiger partial charge in [0, 0.05) is 12.5 Å². The van der Waals surface area contributed by atoms with Crippen molar-refractivity contribution in [1.29, 1.82) is 0 Å². The quantitative estimate of drug-likeness (QED) is 0.382. The lowest BCUT2D eigenvalue weighted by Crippen LogP contribution is -2.36. The van der Waals surface area contributed by atoms with Crippen LogP contribution in [0.25, 0.3) is 0 Å². The maximum Gasteiger partial charge on any atom is 0.312 e. The summed E-state index contributed by atoms with van der Waals surface area (Å²) in [6.07, 6.45) is 3.86. The van der Waals surface area contributed by atoms with Crippen LogP contribution in [0.3, 0.4) is 0 Å². The Balaban J connectivity index is 2.37. The van der Waals surface area contributed by atoms with E-state index >= 15 is 0 Å². The molecule has 2 rings (SSSR count). The average Bonchev–Trinajstić information content (AvgIpc) is 2.77. The van der Waals surface area contributed by atoms with Crippen molar-refractivity contribution in [3.63, 3.8) is 0 Å². The first-order valence-corrected chi connectivity index (χ1v) is 12.5. The molecular weight excluding hydrogens is 454 g/mol. The number of rotatable bonds is 11. The molecular formula is C26H33NO6S. The molecule has 0 saturated carbocycles. The van der Waals surface area contributed by atoms with Gasteiger partial charge >= 0.3 is 11.9 Å². The van der Waals surface area contributed by atoms with Gasteiger partial charge in [0.25, 0.3) is 0 Å². The number of ether oxygens (including phenoxy) is 2. The molecule has 2 aromatic carbocycles. The minimum Gasteiger partial charge on any atom is -0.469 e. The molecule has 0 aliphatic rings. The molecule has 184 valence electrons. The molecule has 0 heterocycles. The second-order valence-electron chi connectivity index (χ2n) is 8.27. The summed E-state index contributed by atoms with van der Waals surface area (Å²) in [5.41, 5.74) is 3.25. The van der Waals surface area contributed by atoms with Crippen LogP contribution in [0.5, 0.6) is 0 Å². The minimum atomic E-state index is -3.85. The molecule has 34 heavy (non-hydrogen) atoms. The highest BCUT2D eigenvalue weighted by molar-refractivity contribution is 7.89. The summed E-state index contributed by atoms with van der Waals surface area (Å²) < 4.78 is 39.1. The van der Waals surface area contributed by atoms with Crippen LogP contribution in [0.4, 0.5) is 0 Å². The molecule has 0 aromatic heterocycles. The molecule has 2 aromatic rings. The fourth-order valence-electron chi connectivity index (χ4n) is 3.95. The van der Waals surface area contributed by atoms with Gasteiger partial charge < -0.3 is 9.47 Å². The number of hydrogen-bond donors (Lipinski definition) is 1. The smallest absolute Gasteiger partial charge is 0.312 e. The van der Waals surface area contributed by atoms with Gasteiger partial charge in [0.1, 0.15) is 0 Å². The largest absolute Gasteiger partial charge is 0.469 e. The van der Waals surface area contributed by atoms with E-state index in [1.54, 1.807) is 26.0 Å². The van der Waals surface area contributed by atoms with E-state index in [1.807, 2.05) is 49.4 Å². The van der Waals surface area contributed by atoms with Crippen molar-refractivity contribution in [1.82, 2.24) is 4.72 Å². The lowest BCUT2D eigenvalue weighted by atomic mass is 10.00. The summed E-state index contributed by atoms with van der Waals surface area (Å²) in [4.78, 5) is 24.0. The zero-order valence-corrected chi connectivity index (χ0v) is 21.1. The molecule has 0 aliphatic heterocycles. The fraction of sp³-hybridized carbons (Fsp3) is 0.385. The molecule has 2 atom stereocenters. The minimum absolute atomic E-state index is 0.0391. The van der Waals surface area contributed by atoms with Crippen molar-refractivity contribution in [3.8, 4) is 0 Å². The number of carbonyl (C=O) groups is 2. The van der Waals surface area contributed by atoms with Gasteiger partial charge in [-0.15, -0.1) is 0 Å². The van der Waals surface area contributed by atoms with E-state index in [0.29, 0.717) is 17.5 Å². The molecule has 7 nitrogen and oxygen atoms in total. The zero-order chi connectivity index (χ0) is 25.3. The molecule has 0 amide bonds. The van der Waals surface area contributed by atoms with Crippen LogP contribution in [-0.4, -0.2) is 40.6 Å². The highest BCUT2D eigenvalue weighted by atomic mass is 32.2. The van der Waals surface area contributed by atoms with Gasteiger partial charge in [0.05, 0.1) is 25.0 Å². The number of methoxy groups -OCH3 is 2. The van der Waals surface area contributed by atoms with Gasteiger partial charge in [-0.1, -0.05) is 60.2 Å². The predicted molar refractivity (Wildman–Crippen MR) is 131 cm³/mol. The molecule has 0 aliphatic carbocycles. The molecule has 0 unspecified atom stereocenters. The average molecular weight is 488 g/mol. The van der Waals surface area contributed by atoms with Crippen molar-refractivity contribution >= 4 is 22.0 Å². The van der Waals surface area contributed by atoms with Crippen molar-refractivity contribution in [2.75, 3.05) is 14.2 Å². The highest BCUT2D eigenvalue weighted by Gasteiger charge is 2.24.